The van der Waals surface area contributed by atoms with Crippen LogP contribution < -0.4 is 11.0 Å². The number of hydrogen-bond donors (Lipinski definition) is 2. The van der Waals surface area contributed by atoms with Gasteiger partial charge in [-0.3, -0.25) is 9.36 Å². The zero-order valence-corrected chi connectivity index (χ0v) is 16.6. The third-order valence-electron chi connectivity index (χ3n) is 5.30. The number of carbonyl (C=O) groups excluding carboxylic acids is 1. The van der Waals surface area contributed by atoms with Gasteiger partial charge >= 0.3 is 5.69 Å². The van der Waals surface area contributed by atoms with Gasteiger partial charge in [-0.1, -0.05) is 12.1 Å². The van der Waals surface area contributed by atoms with Crippen LogP contribution in [0.2, 0.25) is 0 Å². The van der Waals surface area contributed by atoms with E-state index in [4.69, 9.17) is 0 Å². The number of carbonyl (C=O) groups is 1. The molecule has 0 radical (unpaired) electrons. The number of hydrogen-bond acceptors (Lipinski definition) is 3. The number of aryl methyl sites for hydroxylation is 1. The molecule has 1 aromatic carbocycles. The smallest absolute Gasteiger partial charge is 0.310 e. The molecule has 1 fully saturated rings. The Labute approximate surface area is 165 Å². The number of halogens is 1. The molecule has 1 saturated carbocycles. The molecule has 2 aromatic heterocycles. The van der Waals surface area contributed by atoms with Crippen molar-refractivity contribution in [3.8, 4) is 0 Å². The summed E-state index contributed by atoms with van der Waals surface area (Å²) in [4.78, 5) is 32.2. The number of anilines is 1. The summed E-state index contributed by atoms with van der Waals surface area (Å²) in [6.45, 7) is 1.96. The first kappa shape index (κ1) is 18.0. The molecule has 0 spiro atoms. The first-order valence-corrected chi connectivity index (χ1v) is 9.94. The molecular formula is C20H21BrN4O2. The number of pyridine rings is 1. The van der Waals surface area contributed by atoms with Crippen molar-refractivity contribution in [1.29, 1.82) is 0 Å². The zero-order chi connectivity index (χ0) is 19.0. The van der Waals surface area contributed by atoms with Gasteiger partial charge in [0.15, 0.2) is 0 Å². The number of amides is 1. The predicted octanol–water partition coefficient (Wildman–Crippen LogP) is 4.17. The molecule has 0 saturated heterocycles. The van der Waals surface area contributed by atoms with Gasteiger partial charge < -0.3 is 10.3 Å². The monoisotopic (exact) mass is 428 g/mol. The normalized spacial score (nSPS) is 19.9. The SMILES string of the molecule is Cc1ccc(NC(=O)[C@H]2CC[C@@H](n3c(=O)[nH]c4c(Br)cccc43)CC2)nc1. The molecule has 7 heteroatoms. The Bertz CT molecular complexity index is 1030. The van der Waals surface area contributed by atoms with Crippen LogP contribution in [-0.2, 0) is 4.79 Å². The summed E-state index contributed by atoms with van der Waals surface area (Å²) in [5, 5.41) is 2.91. The molecule has 0 unspecified atom stereocenters. The van der Waals surface area contributed by atoms with Crippen LogP contribution in [0.15, 0.2) is 45.8 Å². The molecule has 0 aliphatic heterocycles. The molecule has 2 heterocycles. The van der Waals surface area contributed by atoms with Crippen molar-refractivity contribution in [1.82, 2.24) is 14.5 Å². The highest BCUT2D eigenvalue weighted by Crippen LogP contribution is 2.34. The Morgan fingerprint density at radius 3 is 2.70 bits per heavy atom. The summed E-state index contributed by atoms with van der Waals surface area (Å²) in [7, 11) is 0. The van der Waals surface area contributed by atoms with E-state index in [0.29, 0.717) is 5.82 Å². The van der Waals surface area contributed by atoms with E-state index in [0.717, 1.165) is 46.8 Å². The van der Waals surface area contributed by atoms with Gasteiger partial charge in [0.05, 0.1) is 11.0 Å². The van der Waals surface area contributed by atoms with Gasteiger partial charge in [-0.25, -0.2) is 9.78 Å². The topological polar surface area (TPSA) is 79.8 Å². The Morgan fingerprint density at radius 1 is 1.22 bits per heavy atom. The molecule has 1 amide bonds. The Balaban J connectivity index is 1.45. The number of H-pyrrole nitrogens is 1. The summed E-state index contributed by atoms with van der Waals surface area (Å²) < 4.78 is 2.73. The second-order valence-corrected chi connectivity index (χ2v) is 8.00. The molecule has 3 aromatic rings. The number of para-hydroxylation sites is 1. The van der Waals surface area contributed by atoms with Crippen molar-refractivity contribution in [2.24, 2.45) is 5.92 Å². The first-order valence-electron chi connectivity index (χ1n) is 9.15. The summed E-state index contributed by atoms with van der Waals surface area (Å²) >= 11 is 3.49. The fraction of sp³-hybridized carbons (Fsp3) is 0.350. The van der Waals surface area contributed by atoms with E-state index in [1.807, 2.05) is 41.8 Å². The third kappa shape index (κ3) is 3.56. The van der Waals surface area contributed by atoms with Gasteiger partial charge in [-0.15, -0.1) is 0 Å². The molecule has 1 aliphatic carbocycles. The predicted molar refractivity (Wildman–Crippen MR) is 109 cm³/mol. The standard InChI is InChI=1S/C20H21BrN4O2/c1-12-5-10-17(22-11-12)23-19(26)13-6-8-14(9-7-13)25-16-4-2-3-15(21)18(16)24-20(25)27/h2-5,10-11,13-14H,6-9H2,1H3,(H,24,27)(H,22,23,26)/t13-,14+. The Hall–Kier alpha value is -2.41. The number of aromatic nitrogens is 3. The van der Waals surface area contributed by atoms with Crippen LogP contribution in [0.4, 0.5) is 5.82 Å². The molecular weight excluding hydrogens is 408 g/mol. The van der Waals surface area contributed by atoms with Crippen LogP contribution in [-0.4, -0.2) is 20.4 Å². The number of nitrogens with one attached hydrogen (secondary N) is 2. The lowest BCUT2D eigenvalue weighted by atomic mass is 9.85. The molecule has 140 valence electrons. The number of rotatable bonds is 3. The Morgan fingerprint density at radius 2 is 2.00 bits per heavy atom. The van der Waals surface area contributed by atoms with Crippen molar-refractivity contribution in [3.63, 3.8) is 0 Å². The number of imidazole rings is 1. The Kier molecular flexibility index (Phi) is 4.86. The van der Waals surface area contributed by atoms with Crippen LogP contribution in [0.1, 0.15) is 37.3 Å². The molecule has 6 nitrogen and oxygen atoms in total. The van der Waals surface area contributed by atoms with E-state index < -0.39 is 0 Å². The van der Waals surface area contributed by atoms with Gasteiger partial charge in [0.1, 0.15) is 5.82 Å². The maximum Gasteiger partial charge on any atom is 0.326 e. The highest BCUT2D eigenvalue weighted by atomic mass is 79.9. The average molecular weight is 429 g/mol. The van der Waals surface area contributed by atoms with Crippen LogP contribution in [0, 0.1) is 12.8 Å². The molecule has 0 bridgehead atoms. The van der Waals surface area contributed by atoms with E-state index >= 15 is 0 Å². The van der Waals surface area contributed by atoms with E-state index in [9.17, 15) is 9.59 Å². The van der Waals surface area contributed by atoms with Crippen molar-refractivity contribution in [2.45, 2.75) is 38.6 Å². The van der Waals surface area contributed by atoms with Gasteiger partial charge in [0.25, 0.3) is 0 Å². The minimum absolute atomic E-state index is 0.0128. The number of aromatic amines is 1. The van der Waals surface area contributed by atoms with E-state index in [1.54, 1.807) is 6.20 Å². The molecule has 4 rings (SSSR count). The van der Waals surface area contributed by atoms with Gasteiger partial charge in [-0.05, 0) is 72.3 Å². The van der Waals surface area contributed by atoms with E-state index in [2.05, 4.69) is 31.2 Å². The summed E-state index contributed by atoms with van der Waals surface area (Å²) in [6, 6.07) is 9.68. The fourth-order valence-electron chi connectivity index (χ4n) is 3.84. The van der Waals surface area contributed by atoms with Crippen LogP contribution in [0.5, 0.6) is 0 Å². The zero-order valence-electron chi connectivity index (χ0n) is 15.0. The number of benzene rings is 1. The highest BCUT2D eigenvalue weighted by molar-refractivity contribution is 9.10. The van der Waals surface area contributed by atoms with Gasteiger partial charge in [0.2, 0.25) is 5.91 Å². The highest BCUT2D eigenvalue weighted by Gasteiger charge is 2.29. The third-order valence-corrected chi connectivity index (χ3v) is 5.96. The second kappa shape index (κ2) is 7.31. The average Bonchev–Trinajstić information content (AvgIpc) is 3.01. The quantitative estimate of drug-likeness (QED) is 0.656. The molecule has 27 heavy (non-hydrogen) atoms. The van der Waals surface area contributed by atoms with Crippen LogP contribution in [0.3, 0.4) is 0 Å². The van der Waals surface area contributed by atoms with Gasteiger partial charge in [0, 0.05) is 22.6 Å². The maximum absolute atomic E-state index is 12.5. The minimum atomic E-state index is -0.0892. The fourth-order valence-corrected chi connectivity index (χ4v) is 4.30. The van der Waals surface area contributed by atoms with Crippen molar-refractivity contribution < 1.29 is 4.79 Å². The first-order chi connectivity index (χ1) is 13.0. The van der Waals surface area contributed by atoms with Crippen LogP contribution >= 0.6 is 15.9 Å². The lowest BCUT2D eigenvalue weighted by Gasteiger charge is -2.28. The molecule has 1 aliphatic rings. The lowest BCUT2D eigenvalue weighted by Crippen LogP contribution is -2.31. The second-order valence-electron chi connectivity index (χ2n) is 7.15. The lowest BCUT2D eigenvalue weighted by molar-refractivity contribution is -0.121. The van der Waals surface area contributed by atoms with Crippen molar-refractivity contribution >= 4 is 38.7 Å². The number of fused-ring (bicyclic) bond motifs is 1. The van der Waals surface area contributed by atoms with Crippen molar-refractivity contribution in [2.75, 3.05) is 5.32 Å². The van der Waals surface area contributed by atoms with Crippen LogP contribution in [0.25, 0.3) is 11.0 Å². The minimum Gasteiger partial charge on any atom is -0.310 e. The largest absolute Gasteiger partial charge is 0.326 e. The summed E-state index contributed by atoms with van der Waals surface area (Å²) in [5.74, 6) is 0.557. The van der Waals surface area contributed by atoms with E-state index in [1.165, 1.54) is 0 Å². The summed E-state index contributed by atoms with van der Waals surface area (Å²) in [6.07, 6.45) is 4.87. The maximum atomic E-state index is 12.5. The molecule has 2 N–H and O–H groups in total. The molecule has 0 atom stereocenters. The van der Waals surface area contributed by atoms with Crippen molar-refractivity contribution in [3.05, 3.63) is 57.0 Å². The van der Waals surface area contributed by atoms with E-state index in [-0.39, 0.29) is 23.6 Å². The van der Waals surface area contributed by atoms with Gasteiger partial charge in [-0.2, -0.15) is 0 Å². The summed E-state index contributed by atoms with van der Waals surface area (Å²) in [5.41, 5.74) is 2.71. The number of nitrogens with zero attached hydrogens (tertiary/aromatic N) is 2.